The molecule has 0 N–H and O–H groups in total. The van der Waals surface area contributed by atoms with Gasteiger partial charge in [0.1, 0.15) is 5.82 Å². The number of aromatic nitrogens is 3. The van der Waals surface area contributed by atoms with E-state index in [2.05, 4.69) is 39.4 Å². The van der Waals surface area contributed by atoms with Crippen LogP contribution in [-0.2, 0) is 11.3 Å². The molecule has 0 radical (unpaired) electrons. The third-order valence-electron chi connectivity index (χ3n) is 6.25. The van der Waals surface area contributed by atoms with Crippen LogP contribution in [0, 0.1) is 5.82 Å². The van der Waals surface area contributed by atoms with Crippen molar-refractivity contribution in [3.05, 3.63) is 66.0 Å². The van der Waals surface area contributed by atoms with Gasteiger partial charge in [0.2, 0.25) is 5.91 Å². The zero-order valence-electron chi connectivity index (χ0n) is 18.7. The van der Waals surface area contributed by atoms with Crippen molar-refractivity contribution in [1.82, 2.24) is 24.6 Å². The summed E-state index contributed by atoms with van der Waals surface area (Å²) in [6, 6.07) is 17.4. The number of amides is 1. The molecule has 3 aromatic rings. The highest BCUT2D eigenvalue weighted by Gasteiger charge is 2.33. The maximum atomic E-state index is 14.4. The Labute approximate surface area is 197 Å². The number of hydrogen-bond acceptors (Lipinski definition) is 5. The maximum Gasteiger partial charge on any atom is 0.235 e. The minimum absolute atomic E-state index is 0.122. The van der Waals surface area contributed by atoms with Crippen molar-refractivity contribution in [2.45, 2.75) is 42.8 Å². The molecular weight excluding hydrogens is 437 g/mol. The van der Waals surface area contributed by atoms with Crippen LogP contribution in [0.4, 0.5) is 4.39 Å². The summed E-state index contributed by atoms with van der Waals surface area (Å²) >= 11 is 1.43. The van der Waals surface area contributed by atoms with Gasteiger partial charge in [-0.3, -0.25) is 14.3 Å². The average Bonchev–Trinajstić information content (AvgIpc) is 3.60. The van der Waals surface area contributed by atoms with Gasteiger partial charge in [-0.25, -0.2) is 4.39 Å². The Bertz CT molecular complexity index is 1110. The lowest BCUT2D eigenvalue weighted by Gasteiger charge is -2.35. The van der Waals surface area contributed by atoms with E-state index in [0.29, 0.717) is 16.5 Å². The van der Waals surface area contributed by atoms with Crippen LogP contribution in [-0.4, -0.2) is 61.9 Å². The van der Waals surface area contributed by atoms with E-state index < -0.39 is 0 Å². The lowest BCUT2D eigenvalue weighted by Crippen LogP contribution is -2.50. The molecule has 8 heteroatoms. The van der Waals surface area contributed by atoms with Crippen LogP contribution >= 0.6 is 11.8 Å². The number of rotatable bonds is 7. The van der Waals surface area contributed by atoms with E-state index in [1.807, 2.05) is 22.5 Å². The summed E-state index contributed by atoms with van der Waals surface area (Å²) in [6.07, 6.45) is 2.05. The standard InChI is InChI=1S/C25H28FN5OS/c1-18(24(32)30-15-13-29(14-16-30)17-19-7-3-2-4-8-19)33-25-28-27-23(31(25)20-11-12-20)21-9-5-6-10-22(21)26/h2-10,18,20H,11-17H2,1H3. The van der Waals surface area contributed by atoms with E-state index in [1.54, 1.807) is 18.2 Å². The van der Waals surface area contributed by atoms with Gasteiger partial charge in [0.15, 0.2) is 11.0 Å². The van der Waals surface area contributed by atoms with Crippen molar-refractivity contribution >= 4 is 17.7 Å². The first-order valence-electron chi connectivity index (χ1n) is 11.5. The molecule has 2 aliphatic rings. The summed E-state index contributed by atoms with van der Waals surface area (Å²) < 4.78 is 16.4. The van der Waals surface area contributed by atoms with E-state index >= 15 is 0 Å². The summed E-state index contributed by atoms with van der Waals surface area (Å²) in [7, 11) is 0. The Hall–Kier alpha value is -2.71. The molecule has 0 spiro atoms. The third kappa shape index (κ3) is 4.96. The van der Waals surface area contributed by atoms with Crippen LogP contribution in [0.3, 0.4) is 0 Å². The van der Waals surface area contributed by atoms with Crippen LogP contribution in [0.15, 0.2) is 59.8 Å². The van der Waals surface area contributed by atoms with Crippen LogP contribution in [0.5, 0.6) is 0 Å². The van der Waals surface area contributed by atoms with Crippen molar-refractivity contribution in [3.63, 3.8) is 0 Å². The minimum Gasteiger partial charge on any atom is -0.339 e. The fraction of sp³-hybridized carbons (Fsp3) is 0.400. The van der Waals surface area contributed by atoms with Crippen LogP contribution in [0.1, 0.15) is 31.4 Å². The highest BCUT2D eigenvalue weighted by atomic mass is 32.2. The molecule has 1 saturated heterocycles. The second-order valence-electron chi connectivity index (χ2n) is 8.73. The van der Waals surface area contributed by atoms with Crippen LogP contribution in [0.25, 0.3) is 11.4 Å². The van der Waals surface area contributed by atoms with E-state index in [1.165, 1.54) is 23.4 Å². The lowest BCUT2D eigenvalue weighted by atomic mass is 10.2. The molecule has 33 heavy (non-hydrogen) atoms. The number of carbonyl (C=O) groups is 1. The van der Waals surface area contributed by atoms with Gasteiger partial charge >= 0.3 is 0 Å². The predicted molar refractivity (Wildman–Crippen MR) is 127 cm³/mol. The van der Waals surface area contributed by atoms with Crippen molar-refractivity contribution in [2.75, 3.05) is 26.2 Å². The molecule has 6 nitrogen and oxygen atoms in total. The number of nitrogens with zero attached hydrogens (tertiary/aromatic N) is 5. The Morgan fingerprint density at radius 2 is 1.73 bits per heavy atom. The number of piperazine rings is 1. The van der Waals surface area contributed by atoms with Crippen molar-refractivity contribution in [1.29, 1.82) is 0 Å². The zero-order chi connectivity index (χ0) is 22.8. The fourth-order valence-electron chi connectivity index (χ4n) is 4.28. The number of thioether (sulfide) groups is 1. The summed E-state index contributed by atoms with van der Waals surface area (Å²) in [5.74, 6) is 0.366. The van der Waals surface area contributed by atoms with Crippen LogP contribution < -0.4 is 0 Å². The van der Waals surface area contributed by atoms with Crippen molar-refractivity contribution in [3.8, 4) is 11.4 Å². The van der Waals surface area contributed by atoms with Crippen LogP contribution in [0.2, 0.25) is 0 Å². The van der Waals surface area contributed by atoms with Gasteiger partial charge in [-0.1, -0.05) is 54.2 Å². The van der Waals surface area contributed by atoms with E-state index in [-0.39, 0.29) is 23.0 Å². The number of benzene rings is 2. The fourth-order valence-corrected chi connectivity index (χ4v) is 5.28. The molecular formula is C25H28FN5OS. The normalized spacial score (nSPS) is 17.8. The summed E-state index contributed by atoms with van der Waals surface area (Å²) in [4.78, 5) is 17.5. The van der Waals surface area contributed by atoms with E-state index in [0.717, 1.165) is 45.6 Å². The lowest BCUT2D eigenvalue weighted by molar-refractivity contribution is -0.132. The first-order valence-corrected chi connectivity index (χ1v) is 12.4. The average molecular weight is 466 g/mol. The molecule has 0 bridgehead atoms. The van der Waals surface area contributed by atoms with Gasteiger partial charge in [-0.15, -0.1) is 10.2 Å². The van der Waals surface area contributed by atoms with Gasteiger partial charge in [0.25, 0.3) is 0 Å². The van der Waals surface area contributed by atoms with Gasteiger partial charge in [0, 0.05) is 38.8 Å². The van der Waals surface area contributed by atoms with Gasteiger partial charge in [-0.2, -0.15) is 0 Å². The second kappa shape index (κ2) is 9.65. The molecule has 1 aromatic heterocycles. The largest absolute Gasteiger partial charge is 0.339 e. The van der Waals surface area contributed by atoms with Crippen molar-refractivity contribution < 1.29 is 9.18 Å². The Morgan fingerprint density at radius 3 is 2.42 bits per heavy atom. The summed E-state index contributed by atoms with van der Waals surface area (Å²) in [5, 5.41) is 9.07. The zero-order valence-corrected chi connectivity index (χ0v) is 19.5. The summed E-state index contributed by atoms with van der Waals surface area (Å²) in [5.41, 5.74) is 1.75. The second-order valence-corrected chi connectivity index (χ2v) is 10.0. The number of carbonyl (C=O) groups excluding carboxylic acids is 1. The maximum absolute atomic E-state index is 14.4. The Balaban J connectivity index is 1.23. The minimum atomic E-state index is -0.305. The number of halogens is 1. The monoisotopic (exact) mass is 465 g/mol. The molecule has 1 aliphatic heterocycles. The molecule has 1 aliphatic carbocycles. The molecule has 1 amide bonds. The highest BCUT2D eigenvalue weighted by molar-refractivity contribution is 8.00. The molecule has 2 heterocycles. The van der Waals surface area contributed by atoms with Gasteiger partial charge in [-0.05, 0) is 37.5 Å². The quantitative estimate of drug-likeness (QED) is 0.489. The highest BCUT2D eigenvalue weighted by Crippen LogP contribution is 2.42. The van der Waals surface area contributed by atoms with E-state index in [9.17, 15) is 9.18 Å². The topological polar surface area (TPSA) is 54.3 Å². The van der Waals surface area contributed by atoms with Gasteiger partial charge < -0.3 is 4.90 Å². The van der Waals surface area contributed by atoms with E-state index in [4.69, 9.17) is 0 Å². The SMILES string of the molecule is CC(Sc1nnc(-c2ccccc2F)n1C1CC1)C(=O)N1CCN(Cc2ccccc2)CC1. The molecule has 5 rings (SSSR count). The predicted octanol–water partition coefficient (Wildman–Crippen LogP) is 4.24. The van der Waals surface area contributed by atoms with Gasteiger partial charge in [0.05, 0.1) is 10.8 Å². The Kier molecular flexibility index (Phi) is 6.46. The smallest absolute Gasteiger partial charge is 0.235 e. The molecule has 1 unspecified atom stereocenters. The Morgan fingerprint density at radius 1 is 1.03 bits per heavy atom. The molecule has 2 aromatic carbocycles. The molecule has 172 valence electrons. The number of hydrogen-bond donors (Lipinski definition) is 0. The summed E-state index contributed by atoms with van der Waals surface area (Å²) in [6.45, 7) is 6.04. The molecule has 1 saturated carbocycles. The first-order chi connectivity index (χ1) is 16.1. The molecule has 1 atom stereocenters. The molecule has 2 fully saturated rings. The third-order valence-corrected chi connectivity index (χ3v) is 7.30. The first kappa shape index (κ1) is 22.1. The van der Waals surface area contributed by atoms with Crippen molar-refractivity contribution in [2.24, 2.45) is 0 Å².